The standard InChI is InChI=1S/C23H42N2/c1-22(2,3)25-20-10-11-21(25)15-18(14-20)16-23(4,5)24-13-12-17-6-8-19(24)9-7-17/h17-21H,6-16H2,1-5H3. The molecular weight excluding hydrogens is 304 g/mol. The molecule has 0 N–H and O–H groups in total. The fraction of sp³-hybridized carbons (Fsp3) is 1.00. The third-order valence-electron chi connectivity index (χ3n) is 8.21. The topological polar surface area (TPSA) is 6.48 Å². The number of nitrogens with zero attached hydrogens (tertiary/aromatic N) is 2. The SMILES string of the molecule is CC(C)(C)N1C2CCC1CC(CC(C)(C)N1CCC3CCC1CC3)C2. The molecule has 5 aliphatic rings. The monoisotopic (exact) mass is 346 g/mol. The van der Waals surface area contributed by atoms with E-state index in [2.05, 4.69) is 44.4 Å². The van der Waals surface area contributed by atoms with E-state index in [9.17, 15) is 0 Å². The Hall–Kier alpha value is -0.0800. The van der Waals surface area contributed by atoms with E-state index in [4.69, 9.17) is 0 Å². The zero-order chi connectivity index (χ0) is 17.8. The molecule has 2 nitrogen and oxygen atoms in total. The maximum absolute atomic E-state index is 2.96. The van der Waals surface area contributed by atoms with Crippen LogP contribution in [0.25, 0.3) is 0 Å². The summed E-state index contributed by atoms with van der Waals surface area (Å²) in [4.78, 5) is 5.84. The molecule has 0 aromatic heterocycles. The van der Waals surface area contributed by atoms with Crippen molar-refractivity contribution in [1.29, 1.82) is 0 Å². The largest absolute Gasteiger partial charge is 0.295 e. The van der Waals surface area contributed by atoms with Crippen molar-refractivity contribution in [2.75, 3.05) is 6.54 Å². The maximum atomic E-state index is 2.96. The molecule has 5 fully saturated rings. The van der Waals surface area contributed by atoms with Crippen molar-refractivity contribution in [3.63, 3.8) is 0 Å². The first kappa shape index (κ1) is 18.3. The third kappa shape index (κ3) is 3.55. The van der Waals surface area contributed by atoms with Gasteiger partial charge in [0.2, 0.25) is 0 Å². The Morgan fingerprint density at radius 3 is 1.84 bits per heavy atom. The van der Waals surface area contributed by atoms with E-state index in [0.717, 1.165) is 30.0 Å². The minimum atomic E-state index is 0.357. The second kappa shape index (κ2) is 6.51. The predicted molar refractivity (Wildman–Crippen MR) is 107 cm³/mol. The minimum Gasteiger partial charge on any atom is -0.295 e. The van der Waals surface area contributed by atoms with Crippen LogP contribution in [0.15, 0.2) is 0 Å². The van der Waals surface area contributed by atoms with Crippen LogP contribution in [0.2, 0.25) is 0 Å². The Labute approximate surface area is 156 Å². The molecule has 4 heterocycles. The lowest BCUT2D eigenvalue weighted by molar-refractivity contribution is -0.00483. The Bertz CT molecular complexity index is 455. The molecule has 0 aromatic rings. The van der Waals surface area contributed by atoms with Gasteiger partial charge in [-0.15, -0.1) is 0 Å². The molecule has 4 bridgehead atoms. The molecule has 4 saturated heterocycles. The highest BCUT2D eigenvalue weighted by molar-refractivity contribution is 5.02. The highest BCUT2D eigenvalue weighted by atomic mass is 15.3. The lowest BCUT2D eigenvalue weighted by atomic mass is 9.78. The molecule has 5 rings (SSSR count). The smallest absolute Gasteiger partial charge is 0.0158 e. The third-order valence-corrected chi connectivity index (χ3v) is 8.21. The normalized spacial score (nSPS) is 40.4. The number of fused-ring (bicyclic) bond motifs is 6. The van der Waals surface area contributed by atoms with Crippen molar-refractivity contribution in [2.24, 2.45) is 11.8 Å². The minimum absolute atomic E-state index is 0.357. The van der Waals surface area contributed by atoms with E-state index in [1.807, 2.05) is 0 Å². The van der Waals surface area contributed by atoms with E-state index in [1.54, 1.807) is 0 Å². The van der Waals surface area contributed by atoms with Gasteiger partial charge < -0.3 is 0 Å². The average Bonchev–Trinajstić information content (AvgIpc) is 2.72. The molecule has 0 spiro atoms. The molecule has 0 aromatic carbocycles. The van der Waals surface area contributed by atoms with Gasteiger partial charge in [-0.05, 0) is 117 Å². The van der Waals surface area contributed by atoms with Gasteiger partial charge in [-0.2, -0.15) is 0 Å². The predicted octanol–water partition coefficient (Wildman–Crippen LogP) is 5.46. The van der Waals surface area contributed by atoms with E-state index in [1.165, 1.54) is 70.8 Å². The van der Waals surface area contributed by atoms with Crippen LogP contribution in [0.4, 0.5) is 0 Å². The second-order valence-corrected chi connectivity index (χ2v) is 11.5. The van der Waals surface area contributed by atoms with Crippen molar-refractivity contribution in [2.45, 2.75) is 128 Å². The van der Waals surface area contributed by atoms with E-state index < -0.39 is 0 Å². The van der Waals surface area contributed by atoms with Gasteiger partial charge in [-0.3, -0.25) is 9.80 Å². The zero-order valence-electron chi connectivity index (χ0n) is 17.6. The first-order chi connectivity index (χ1) is 11.7. The zero-order valence-corrected chi connectivity index (χ0v) is 17.6. The molecular formula is C23H42N2. The summed E-state index contributed by atoms with van der Waals surface area (Å²) in [6, 6.07) is 2.61. The summed E-state index contributed by atoms with van der Waals surface area (Å²) in [6.07, 6.45) is 14.7. The summed E-state index contributed by atoms with van der Waals surface area (Å²) < 4.78 is 0. The lowest BCUT2D eigenvalue weighted by Crippen LogP contribution is -2.55. The van der Waals surface area contributed by atoms with Gasteiger partial charge in [0.05, 0.1) is 0 Å². The molecule has 0 amide bonds. The summed E-state index contributed by atoms with van der Waals surface area (Å²) in [5.74, 6) is 1.99. The molecule has 2 atom stereocenters. The molecule has 1 saturated carbocycles. The summed E-state index contributed by atoms with van der Waals surface area (Å²) >= 11 is 0. The van der Waals surface area contributed by atoms with Crippen LogP contribution in [0, 0.1) is 11.8 Å². The summed E-state index contributed by atoms with van der Waals surface area (Å²) in [5.41, 5.74) is 0.758. The number of hydrogen-bond donors (Lipinski definition) is 0. The molecule has 2 unspecified atom stereocenters. The van der Waals surface area contributed by atoms with Crippen molar-refractivity contribution in [3.8, 4) is 0 Å². The number of piperidine rings is 1. The van der Waals surface area contributed by atoms with Crippen LogP contribution in [0.5, 0.6) is 0 Å². The molecule has 4 aliphatic heterocycles. The lowest BCUT2D eigenvalue weighted by Gasteiger charge is -2.50. The first-order valence-electron chi connectivity index (χ1n) is 11.3. The van der Waals surface area contributed by atoms with Crippen LogP contribution in [-0.4, -0.2) is 45.5 Å². The summed E-state index contributed by atoms with van der Waals surface area (Å²) in [7, 11) is 0. The van der Waals surface area contributed by atoms with Crippen molar-refractivity contribution < 1.29 is 0 Å². The van der Waals surface area contributed by atoms with E-state index in [0.29, 0.717) is 11.1 Å². The van der Waals surface area contributed by atoms with Crippen LogP contribution in [0.1, 0.15) is 98.8 Å². The maximum Gasteiger partial charge on any atom is 0.0158 e. The summed E-state index contributed by atoms with van der Waals surface area (Å²) in [5, 5.41) is 0. The van der Waals surface area contributed by atoms with Crippen LogP contribution in [0.3, 0.4) is 0 Å². The Morgan fingerprint density at radius 2 is 1.28 bits per heavy atom. The van der Waals surface area contributed by atoms with Crippen molar-refractivity contribution in [3.05, 3.63) is 0 Å². The molecule has 0 radical (unpaired) electrons. The van der Waals surface area contributed by atoms with Gasteiger partial charge in [0.15, 0.2) is 0 Å². The van der Waals surface area contributed by atoms with Gasteiger partial charge in [0.1, 0.15) is 0 Å². The van der Waals surface area contributed by atoms with E-state index >= 15 is 0 Å². The van der Waals surface area contributed by atoms with Crippen LogP contribution >= 0.6 is 0 Å². The number of hydrogen-bond acceptors (Lipinski definition) is 2. The van der Waals surface area contributed by atoms with Crippen molar-refractivity contribution >= 4 is 0 Å². The highest BCUT2D eigenvalue weighted by Gasteiger charge is 2.47. The van der Waals surface area contributed by atoms with Gasteiger partial charge in [-0.1, -0.05) is 0 Å². The quantitative estimate of drug-likeness (QED) is 0.669. The fourth-order valence-corrected chi connectivity index (χ4v) is 7.42. The van der Waals surface area contributed by atoms with Gasteiger partial charge in [0, 0.05) is 29.2 Å². The highest BCUT2D eigenvalue weighted by Crippen LogP contribution is 2.46. The van der Waals surface area contributed by atoms with Crippen LogP contribution in [-0.2, 0) is 0 Å². The van der Waals surface area contributed by atoms with Crippen LogP contribution < -0.4 is 0 Å². The summed E-state index contributed by atoms with van der Waals surface area (Å²) in [6.45, 7) is 13.8. The average molecular weight is 347 g/mol. The molecule has 144 valence electrons. The number of rotatable bonds is 3. The molecule has 2 heteroatoms. The fourth-order valence-electron chi connectivity index (χ4n) is 7.42. The first-order valence-corrected chi connectivity index (χ1v) is 11.3. The Morgan fingerprint density at radius 1 is 0.720 bits per heavy atom. The van der Waals surface area contributed by atoms with Gasteiger partial charge >= 0.3 is 0 Å². The molecule has 25 heavy (non-hydrogen) atoms. The van der Waals surface area contributed by atoms with Gasteiger partial charge in [0.25, 0.3) is 0 Å². The van der Waals surface area contributed by atoms with Crippen molar-refractivity contribution in [1.82, 2.24) is 9.80 Å². The Kier molecular flexibility index (Phi) is 4.77. The van der Waals surface area contributed by atoms with Gasteiger partial charge in [-0.25, -0.2) is 0 Å². The van der Waals surface area contributed by atoms with E-state index in [-0.39, 0.29) is 0 Å². The Balaban J connectivity index is 1.42. The molecule has 1 aliphatic carbocycles. The second-order valence-electron chi connectivity index (χ2n) is 11.5.